The van der Waals surface area contributed by atoms with Crippen molar-refractivity contribution in [3.05, 3.63) is 65.4 Å². The molecule has 0 saturated carbocycles. The van der Waals surface area contributed by atoms with Crippen molar-refractivity contribution in [2.75, 3.05) is 5.32 Å². The third-order valence-corrected chi connectivity index (χ3v) is 3.90. The van der Waals surface area contributed by atoms with Crippen LogP contribution in [-0.4, -0.2) is 15.9 Å². The number of carbonyl (C=O) groups is 1. The van der Waals surface area contributed by atoms with Crippen LogP contribution in [0.3, 0.4) is 0 Å². The Kier molecular flexibility index (Phi) is 4.30. The molecule has 3 aromatic rings. The van der Waals surface area contributed by atoms with Gasteiger partial charge < -0.3 is 5.32 Å². The van der Waals surface area contributed by atoms with E-state index in [-0.39, 0.29) is 5.56 Å². The number of nitrogens with one attached hydrogen (secondary N) is 1. The van der Waals surface area contributed by atoms with Crippen molar-refractivity contribution in [1.82, 2.24) is 9.97 Å². The Balaban J connectivity index is 1.80. The second-order valence-electron chi connectivity index (χ2n) is 4.78. The van der Waals surface area contributed by atoms with Crippen LogP contribution in [0.5, 0.6) is 0 Å². The van der Waals surface area contributed by atoms with E-state index in [1.807, 2.05) is 30.3 Å². The molecule has 24 heavy (non-hydrogen) atoms. The van der Waals surface area contributed by atoms with Crippen molar-refractivity contribution in [3.63, 3.8) is 0 Å². The fourth-order valence-corrected chi connectivity index (χ4v) is 2.70. The van der Waals surface area contributed by atoms with Crippen molar-refractivity contribution in [1.29, 1.82) is 0 Å². The van der Waals surface area contributed by atoms with Crippen LogP contribution in [0.25, 0.3) is 11.3 Å². The zero-order valence-corrected chi connectivity index (χ0v) is 12.9. The molecule has 4 nitrogen and oxygen atoms in total. The molecule has 0 bridgehead atoms. The van der Waals surface area contributed by atoms with E-state index in [9.17, 15) is 18.0 Å². The lowest BCUT2D eigenvalue weighted by atomic mass is 10.1. The number of nitrogens with zero attached hydrogens (tertiary/aromatic N) is 2. The monoisotopic (exact) mass is 349 g/mol. The Labute approximate surface area is 139 Å². The highest BCUT2D eigenvalue weighted by Gasteiger charge is 2.32. The molecule has 8 heteroatoms. The van der Waals surface area contributed by atoms with Crippen LogP contribution in [0, 0.1) is 0 Å². The quantitative estimate of drug-likeness (QED) is 0.759. The summed E-state index contributed by atoms with van der Waals surface area (Å²) in [7, 11) is 0. The summed E-state index contributed by atoms with van der Waals surface area (Å²) in [4.78, 5) is 19.7. The van der Waals surface area contributed by atoms with Crippen LogP contribution in [0.1, 0.15) is 16.1 Å². The van der Waals surface area contributed by atoms with Gasteiger partial charge in [-0.1, -0.05) is 30.3 Å². The average molecular weight is 349 g/mol. The topological polar surface area (TPSA) is 54.9 Å². The molecule has 0 radical (unpaired) electrons. The molecular weight excluding hydrogens is 339 g/mol. The molecule has 1 N–H and O–H groups in total. The number of pyridine rings is 1. The Bertz CT molecular complexity index is 845. The predicted octanol–water partition coefficient (Wildman–Crippen LogP) is 4.48. The third kappa shape index (κ3) is 3.43. The second-order valence-corrected chi connectivity index (χ2v) is 5.63. The number of hydrogen-bond acceptors (Lipinski definition) is 4. The van der Waals surface area contributed by atoms with Gasteiger partial charge in [0.25, 0.3) is 5.91 Å². The van der Waals surface area contributed by atoms with Gasteiger partial charge in [0.05, 0.1) is 11.1 Å². The van der Waals surface area contributed by atoms with Gasteiger partial charge in [0.15, 0.2) is 0 Å². The van der Waals surface area contributed by atoms with Crippen molar-refractivity contribution in [2.24, 2.45) is 0 Å². The molecule has 0 aliphatic heterocycles. The highest BCUT2D eigenvalue weighted by molar-refractivity contribution is 7.14. The average Bonchev–Trinajstić information content (AvgIpc) is 3.03. The molecule has 0 spiro atoms. The summed E-state index contributed by atoms with van der Waals surface area (Å²) in [5, 5.41) is 3.18. The van der Waals surface area contributed by atoms with Gasteiger partial charge in [-0.05, 0) is 12.1 Å². The lowest BCUT2D eigenvalue weighted by Crippen LogP contribution is -2.14. The summed E-state index contributed by atoms with van der Waals surface area (Å²) in [6.07, 6.45) is -3.63. The molecule has 2 aromatic heterocycles. The molecule has 0 aliphatic rings. The lowest BCUT2D eigenvalue weighted by molar-refractivity contribution is -0.141. The lowest BCUT2D eigenvalue weighted by Gasteiger charge is -2.07. The molecule has 0 atom stereocenters. The molecule has 3 rings (SSSR count). The minimum atomic E-state index is -4.53. The van der Waals surface area contributed by atoms with Crippen LogP contribution >= 0.6 is 11.3 Å². The SMILES string of the molecule is O=C(Nc1scnc1-c1ccccc1)c1ccc(C(F)(F)F)nc1. The van der Waals surface area contributed by atoms with Crippen molar-refractivity contribution < 1.29 is 18.0 Å². The van der Waals surface area contributed by atoms with E-state index in [2.05, 4.69) is 15.3 Å². The standard InChI is InChI=1S/C16H10F3N3OS/c17-16(18,19)12-7-6-11(8-20-12)14(23)22-15-13(21-9-24-15)10-4-2-1-3-5-10/h1-9H,(H,22,23). The molecular formula is C16H10F3N3OS. The number of hydrogen-bond donors (Lipinski definition) is 1. The van der Waals surface area contributed by atoms with E-state index in [0.717, 1.165) is 23.9 Å². The number of benzene rings is 1. The minimum absolute atomic E-state index is 0.0374. The van der Waals surface area contributed by atoms with Crippen molar-refractivity contribution >= 4 is 22.2 Å². The molecule has 0 unspecified atom stereocenters. The summed E-state index contributed by atoms with van der Waals surface area (Å²) >= 11 is 1.23. The van der Waals surface area contributed by atoms with Gasteiger partial charge in [-0.3, -0.25) is 9.78 Å². The Morgan fingerprint density at radius 2 is 1.79 bits per heavy atom. The van der Waals surface area contributed by atoms with E-state index in [1.165, 1.54) is 11.3 Å². The van der Waals surface area contributed by atoms with Crippen molar-refractivity contribution in [2.45, 2.75) is 6.18 Å². The zero-order chi connectivity index (χ0) is 17.2. The van der Waals surface area contributed by atoms with E-state index < -0.39 is 17.8 Å². The largest absolute Gasteiger partial charge is 0.433 e. The molecule has 2 heterocycles. The number of carbonyl (C=O) groups excluding carboxylic acids is 1. The Hall–Kier alpha value is -2.74. The first-order valence-electron chi connectivity index (χ1n) is 6.78. The predicted molar refractivity (Wildman–Crippen MR) is 84.7 cm³/mol. The zero-order valence-electron chi connectivity index (χ0n) is 12.0. The number of rotatable bonds is 3. The molecule has 0 saturated heterocycles. The van der Waals surface area contributed by atoms with Crippen LogP contribution in [0.4, 0.5) is 18.2 Å². The van der Waals surface area contributed by atoms with Crippen LogP contribution < -0.4 is 5.32 Å². The first kappa shape index (κ1) is 16.1. The van der Waals surface area contributed by atoms with Crippen molar-refractivity contribution in [3.8, 4) is 11.3 Å². The van der Waals surface area contributed by atoms with Crippen LogP contribution in [0.15, 0.2) is 54.2 Å². The van der Waals surface area contributed by atoms with Gasteiger partial charge in [0.2, 0.25) is 0 Å². The number of thiazole rings is 1. The third-order valence-electron chi connectivity index (χ3n) is 3.16. The van der Waals surface area contributed by atoms with E-state index in [0.29, 0.717) is 10.7 Å². The van der Waals surface area contributed by atoms with E-state index in [4.69, 9.17) is 0 Å². The van der Waals surface area contributed by atoms with Gasteiger partial charge in [-0.15, -0.1) is 11.3 Å². The van der Waals surface area contributed by atoms with Gasteiger partial charge >= 0.3 is 6.18 Å². The number of halogens is 3. The van der Waals surface area contributed by atoms with Gasteiger partial charge in [-0.25, -0.2) is 4.98 Å². The van der Waals surface area contributed by atoms with Gasteiger partial charge in [0, 0.05) is 11.8 Å². The van der Waals surface area contributed by atoms with E-state index >= 15 is 0 Å². The minimum Gasteiger partial charge on any atom is -0.312 e. The summed E-state index contributed by atoms with van der Waals surface area (Å²) in [6, 6.07) is 11.1. The fraction of sp³-hybridized carbons (Fsp3) is 0.0625. The summed E-state index contributed by atoms with van der Waals surface area (Å²) in [5.74, 6) is -0.544. The Morgan fingerprint density at radius 3 is 2.42 bits per heavy atom. The summed E-state index contributed by atoms with van der Waals surface area (Å²) in [5.41, 5.74) is 2.02. The van der Waals surface area contributed by atoms with Crippen LogP contribution in [0.2, 0.25) is 0 Å². The highest BCUT2D eigenvalue weighted by atomic mass is 32.1. The maximum Gasteiger partial charge on any atom is 0.433 e. The highest BCUT2D eigenvalue weighted by Crippen LogP contribution is 2.31. The number of amides is 1. The number of alkyl halides is 3. The fourth-order valence-electron chi connectivity index (χ4n) is 2.01. The molecule has 122 valence electrons. The van der Waals surface area contributed by atoms with Crippen LogP contribution in [-0.2, 0) is 6.18 Å². The summed E-state index contributed by atoms with van der Waals surface area (Å²) < 4.78 is 37.5. The smallest absolute Gasteiger partial charge is 0.312 e. The normalized spacial score (nSPS) is 11.3. The maximum atomic E-state index is 12.5. The molecule has 0 aliphatic carbocycles. The number of aromatic nitrogens is 2. The van der Waals surface area contributed by atoms with Gasteiger partial charge in [-0.2, -0.15) is 13.2 Å². The second kappa shape index (κ2) is 6.40. The molecule has 0 fully saturated rings. The first-order chi connectivity index (χ1) is 11.4. The summed E-state index contributed by atoms with van der Waals surface area (Å²) in [6.45, 7) is 0. The van der Waals surface area contributed by atoms with Gasteiger partial charge in [0.1, 0.15) is 16.4 Å². The molecule has 1 aromatic carbocycles. The Morgan fingerprint density at radius 1 is 1.04 bits per heavy atom. The number of anilines is 1. The van der Waals surface area contributed by atoms with E-state index in [1.54, 1.807) is 5.51 Å². The molecule has 1 amide bonds. The first-order valence-corrected chi connectivity index (χ1v) is 7.66. The maximum absolute atomic E-state index is 12.5.